The molecule has 0 spiro atoms. The van der Waals surface area contributed by atoms with E-state index < -0.39 is 0 Å². The van der Waals surface area contributed by atoms with Gasteiger partial charge in [-0.25, -0.2) is 0 Å². The molecule has 2 aromatic rings. The summed E-state index contributed by atoms with van der Waals surface area (Å²) in [5.74, 6) is 1.50. The molecule has 0 radical (unpaired) electrons. The Morgan fingerprint density at radius 3 is 2.76 bits per heavy atom. The van der Waals surface area contributed by atoms with Gasteiger partial charge in [0.15, 0.2) is 0 Å². The first-order valence-electron chi connectivity index (χ1n) is 8.07. The van der Waals surface area contributed by atoms with Crippen molar-refractivity contribution in [2.75, 3.05) is 6.61 Å². The van der Waals surface area contributed by atoms with Crippen LogP contribution >= 0.6 is 0 Å². The van der Waals surface area contributed by atoms with E-state index in [1.165, 1.54) is 25.7 Å². The monoisotopic (exact) mass is 289 g/mol. The minimum atomic E-state index is 0.417. The summed E-state index contributed by atoms with van der Waals surface area (Å²) in [5, 5.41) is 1.12. The van der Waals surface area contributed by atoms with Gasteiger partial charge in [-0.2, -0.15) is 0 Å². The molecule has 0 amide bonds. The summed E-state index contributed by atoms with van der Waals surface area (Å²) < 4.78 is 11.8. The molecule has 1 aromatic heterocycles. The smallest absolute Gasteiger partial charge is 0.134 e. The zero-order valence-electron chi connectivity index (χ0n) is 13.2. The molecule has 21 heavy (non-hydrogen) atoms. The number of nitrogens with two attached hydrogens (primary N) is 1. The van der Waals surface area contributed by atoms with Crippen molar-refractivity contribution in [2.24, 2.45) is 11.7 Å². The molecular formula is C18H27NO2. The van der Waals surface area contributed by atoms with Crippen molar-refractivity contribution in [2.45, 2.75) is 52.7 Å². The van der Waals surface area contributed by atoms with Crippen molar-refractivity contribution in [3.63, 3.8) is 0 Å². The quantitative estimate of drug-likeness (QED) is 0.732. The van der Waals surface area contributed by atoms with Crippen LogP contribution in [0.2, 0.25) is 0 Å². The van der Waals surface area contributed by atoms with Gasteiger partial charge in [0.1, 0.15) is 11.3 Å². The summed E-state index contributed by atoms with van der Waals surface area (Å²) in [5.41, 5.74) is 7.80. The van der Waals surface area contributed by atoms with Crippen LogP contribution in [0.1, 0.15) is 50.9 Å². The largest absolute Gasteiger partial charge is 0.459 e. The minimum Gasteiger partial charge on any atom is -0.459 e. The molecule has 2 rings (SSSR count). The predicted octanol–water partition coefficient (Wildman–Crippen LogP) is 4.62. The van der Waals surface area contributed by atoms with Crippen molar-refractivity contribution in [3.8, 4) is 0 Å². The van der Waals surface area contributed by atoms with E-state index in [0.29, 0.717) is 19.1 Å². The molecule has 0 aliphatic heterocycles. The lowest BCUT2D eigenvalue weighted by Gasteiger charge is -2.14. The Morgan fingerprint density at radius 2 is 2.05 bits per heavy atom. The number of rotatable bonds is 9. The maximum absolute atomic E-state index is 5.96. The molecule has 0 fully saturated rings. The van der Waals surface area contributed by atoms with E-state index in [1.807, 2.05) is 18.2 Å². The van der Waals surface area contributed by atoms with Crippen LogP contribution in [0, 0.1) is 5.92 Å². The van der Waals surface area contributed by atoms with Crippen LogP contribution < -0.4 is 5.73 Å². The molecule has 1 atom stereocenters. The standard InChI is InChI=1S/C18H27NO2/c1-3-5-8-14(4-2)12-20-13-16-15-9-6-7-10-17(15)21-18(16)11-19/h6-7,9-10,14H,3-5,8,11-13,19H2,1-2H3. The second-order valence-corrected chi connectivity index (χ2v) is 5.64. The molecule has 116 valence electrons. The third kappa shape index (κ3) is 4.08. The molecule has 1 aromatic carbocycles. The number of furan rings is 1. The Hall–Kier alpha value is -1.32. The molecular weight excluding hydrogens is 262 g/mol. The molecule has 0 saturated carbocycles. The number of hydrogen-bond donors (Lipinski definition) is 1. The van der Waals surface area contributed by atoms with E-state index >= 15 is 0 Å². The van der Waals surface area contributed by atoms with Gasteiger partial charge in [0, 0.05) is 17.6 Å². The van der Waals surface area contributed by atoms with Gasteiger partial charge in [0.2, 0.25) is 0 Å². The number of unbranched alkanes of at least 4 members (excludes halogenated alkanes) is 1. The number of fused-ring (bicyclic) bond motifs is 1. The minimum absolute atomic E-state index is 0.417. The third-order valence-corrected chi connectivity index (χ3v) is 4.11. The molecule has 1 heterocycles. The van der Waals surface area contributed by atoms with E-state index in [2.05, 4.69) is 19.9 Å². The van der Waals surface area contributed by atoms with Crippen LogP contribution in [-0.4, -0.2) is 6.61 Å². The van der Waals surface area contributed by atoms with Gasteiger partial charge in [-0.3, -0.25) is 0 Å². The fraction of sp³-hybridized carbons (Fsp3) is 0.556. The Bertz CT molecular complexity index is 547. The van der Waals surface area contributed by atoms with Gasteiger partial charge >= 0.3 is 0 Å². The van der Waals surface area contributed by atoms with Crippen LogP contribution in [-0.2, 0) is 17.9 Å². The lowest BCUT2D eigenvalue weighted by Crippen LogP contribution is -2.09. The van der Waals surface area contributed by atoms with E-state index in [0.717, 1.165) is 28.9 Å². The van der Waals surface area contributed by atoms with Gasteiger partial charge in [0.25, 0.3) is 0 Å². The Morgan fingerprint density at radius 1 is 1.24 bits per heavy atom. The molecule has 1 unspecified atom stereocenters. The zero-order valence-corrected chi connectivity index (χ0v) is 13.2. The molecule has 3 heteroatoms. The van der Waals surface area contributed by atoms with Crippen LogP contribution in [0.25, 0.3) is 11.0 Å². The van der Waals surface area contributed by atoms with Gasteiger partial charge in [-0.1, -0.05) is 51.3 Å². The highest BCUT2D eigenvalue weighted by molar-refractivity contribution is 5.82. The summed E-state index contributed by atoms with van der Waals surface area (Å²) in [6, 6.07) is 8.06. The average Bonchev–Trinajstić information content (AvgIpc) is 2.88. The summed E-state index contributed by atoms with van der Waals surface area (Å²) in [6.45, 7) is 6.30. The van der Waals surface area contributed by atoms with Gasteiger partial charge in [0.05, 0.1) is 13.2 Å². The Balaban J connectivity index is 1.99. The molecule has 0 saturated heterocycles. The van der Waals surface area contributed by atoms with Crippen molar-refractivity contribution < 1.29 is 9.15 Å². The fourth-order valence-electron chi connectivity index (χ4n) is 2.70. The normalized spacial score (nSPS) is 12.9. The average molecular weight is 289 g/mol. The van der Waals surface area contributed by atoms with Crippen molar-refractivity contribution in [1.29, 1.82) is 0 Å². The summed E-state index contributed by atoms with van der Waals surface area (Å²) in [4.78, 5) is 0. The highest BCUT2D eigenvalue weighted by Gasteiger charge is 2.13. The van der Waals surface area contributed by atoms with Gasteiger partial charge in [-0.05, 0) is 18.4 Å². The number of hydrogen-bond acceptors (Lipinski definition) is 3. The first-order valence-corrected chi connectivity index (χ1v) is 8.07. The van der Waals surface area contributed by atoms with Crippen LogP contribution in [0.3, 0.4) is 0 Å². The van der Waals surface area contributed by atoms with Crippen molar-refractivity contribution >= 4 is 11.0 Å². The van der Waals surface area contributed by atoms with E-state index in [-0.39, 0.29) is 0 Å². The molecule has 0 aliphatic carbocycles. The van der Waals surface area contributed by atoms with Gasteiger partial charge in [-0.15, -0.1) is 0 Å². The third-order valence-electron chi connectivity index (χ3n) is 4.11. The lowest BCUT2D eigenvalue weighted by molar-refractivity contribution is 0.0816. The number of benzene rings is 1. The SMILES string of the molecule is CCCCC(CC)COCc1c(CN)oc2ccccc12. The predicted molar refractivity (Wildman–Crippen MR) is 87.1 cm³/mol. The van der Waals surface area contributed by atoms with Crippen LogP contribution in [0.15, 0.2) is 28.7 Å². The topological polar surface area (TPSA) is 48.4 Å². The van der Waals surface area contributed by atoms with E-state index in [4.69, 9.17) is 14.9 Å². The molecule has 0 bridgehead atoms. The van der Waals surface area contributed by atoms with Gasteiger partial charge < -0.3 is 14.9 Å². The second-order valence-electron chi connectivity index (χ2n) is 5.64. The highest BCUT2D eigenvalue weighted by atomic mass is 16.5. The molecule has 0 aliphatic rings. The summed E-state index contributed by atoms with van der Waals surface area (Å²) in [6.07, 6.45) is 4.96. The first kappa shape index (κ1) is 16.1. The number of ether oxygens (including phenoxy) is 1. The summed E-state index contributed by atoms with van der Waals surface area (Å²) in [7, 11) is 0. The highest BCUT2D eigenvalue weighted by Crippen LogP contribution is 2.26. The molecule has 3 nitrogen and oxygen atoms in total. The van der Waals surface area contributed by atoms with Crippen LogP contribution in [0.5, 0.6) is 0 Å². The maximum atomic E-state index is 5.96. The lowest BCUT2D eigenvalue weighted by atomic mass is 10.0. The Labute approximate surface area is 127 Å². The number of para-hydroxylation sites is 1. The fourth-order valence-corrected chi connectivity index (χ4v) is 2.70. The van der Waals surface area contributed by atoms with E-state index in [9.17, 15) is 0 Å². The van der Waals surface area contributed by atoms with Crippen molar-refractivity contribution in [1.82, 2.24) is 0 Å². The summed E-state index contributed by atoms with van der Waals surface area (Å²) >= 11 is 0. The molecule has 2 N–H and O–H groups in total. The second kappa shape index (κ2) is 8.20. The van der Waals surface area contributed by atoms with E-state index in [1.54, 1.807) is 0 Å². The maximum Gasteiger partial charge on any atom is 0.134 e. The zero-order chi connectivity index (χ0) is 15.1. The first-order chi connectivity index (χ1) is 10.3. The Kier molecular flexibility index (Phi) is 6.27. The van der Waals surface area contributed by atoms with Crippen molar-refractivity contribution in [3.05, 3.63) is 35.6 Å². The van der Waals surface area contributed by atoms with Crippen LogP contribution in [0.4, 0.5) is 0 Å².